The summed E-state index contributed by atoms with van der Waals surface area (Å²) in [5, 5.41) is 3.47. The van der Waals surface area contributed by atoms with E-state index < -0.39 is 0 Å². The number of nitrogens with one attached hydrogen (secondary N) is 1. The third-order valence-corrected chi connectivity index (χ3v) is 3.58. The lowest BCUT2D eigenvalue weighted by atomic mass is 10.2. The molecule has 4 heteroatoms. The molecule has 1 aromatic rings. The molecular weight excluding hydrogens is 308 g/mol. The summed E-state index contributed by atoms with van der Waals surface area (Å²) in [5.41, 5.74) is 1.07. The molecule has 1 aliphatic rings. The fraction of sp³-hybridized carbons (Fsp3) is 0.500. The average Bonchev–Trinajstić information content (AvgIpc) is 2.94. The number of nitrogens with zero attached hydrogens (tertiary/aromatic N) is 1. The summed E-state index contributed by atoms with van der Waals surface area (Å²) in [6, 6.07) is 2.60. The predicted molar refractivity (Wildman–Crippen MR) is 65.4 cm³/mol. The van der Waals surface area contributed by atoms with E-state index in [1.807, 2.05) is 0 Å². The molecule has 0 saturated heterocycles. The van der Waals surface area contributed by atoms with E-state index >= 15 is 0 Å². The molecule has 0 aliphatic heterocycles. The molecule has 1 fully saturated rings. The van der Waals surface area contributed by atoms with E-state index in [1.54, 1.807) is 6.20 Å². The van der Waals surface area contributed by atoms with Crippen LogP contribution >= 0.6 is 31.9 Å². The molecule has 14 heavy (non-hydrogen) atoms. The van der Waals surface area contributed by atoms with E-state index in [4.69, 9.17) is 0 Å². The molecule has 1 unspecified atom stereocenters. The number of rotatable bonds is 3. The molecule has 2 rings (SSSR count). The third kappa shape index (κ3) is 2.48. The largest absolute Gasteiger partial charge is 0.380 e. The van der Waals surface area contributed by atoms with Crippen LogP contribution in [0.5, 0.6) is 0 Å². The van der Waals surface area contributed by atoms with E-state index in [1.165, 1.54) is 12.8 Å². The van der Waals surface area contributed by atoms with Crippen LogP contribution in [0.15, 0.2) is 21.3 Å². The van der Waals surface area contributed by atoms with Crippen molar-refractivity contribution in [2.75, 3.05) is 5.32 Å². The highest BCUT2D eigenvalue weighted by Crippen LogP contribution is 2.35. The van der Waals surface area contributed by atoms with Crippen molar-refractivity contribution in [2.24, 2.45) is 5.92 Å². The van der Waals surface area contributed by atoms with Gasteiger partial charge in [0.05, 0.1) is 5.69 Å². The molecule has 76 valence electrons. The van der Waals surface area contributed by atoms with Gasteiger partial charge in [0.15, 0.2) is 0 Å². The van der Waals surface area contributed by atoms with Gasteiger partial charge in [-0.1, -0.05) is 0 Å². The molecule has 1 atom stereocenters. The lowest BCUT2D eigenvalue weighted by molar-refractivity contribution is 0.693. The minimum absolute atomic E-state index is 0.544. The lowest BCUT2D eigenvalue weighted by Crippen LogP contribution is -2.17. The van der Waals surface area contributed by atoms with Crippen LogP contribution in [0.1, 0.15) is 19.8 Å². The van der Waals surface area contributed by atoms with Crippen molar-refractivity contribution in [2.45, 2.75) is 25.8 Å². The normalized spacial score (nSPS) is 17.9. The van der Waals surface area contributed by atoms with Crippen molar-refractivity contribution in [1.29, 1.82) is 0 Å². The van der Waals surface area contributed by atoms with Gasteiger partial charge in [0.25, 0.3) is 0 Å². The van der Waals surface area contributed by atoms with Gasteiger partial charge in [-0.2, -0.15) is 0 Å². The Morgan fingerprint density at radius 3 is 2.86 bits per heavy atom. The summed E-state index contributed by atoms with van der Waals surface area (Å²) in [4.78, 5) is 4.22. The van der Waals surface area contributed by atoms with Crippen molar-refractivity contribution in [3.63, 3.8) is 0 Å². The van der Waals surface area contributed by atoms with Crippen LogP contribution in [0.25, 0.3) is 0 Å². The smallest absolute Gasteiger partial charge is 0.129 e. The Labute approximate surface area is 101 Å². The highest BCUT2D eigenvalue weighted by molar-refractivity contribution is 9.11. The van der Waals surface area contributed by atoms with Crippen LogP contribution in [0.2, 0.25) is 0 Å². The standard InChI is InChI=1S/C10H12Br2N2/c1-6(7-2-3-7)14-9-4-8(11)5-13-10(9)12/h4-7,14H,2-3H2,1H3. The van der Waals surface area contributed by atoms with Gasteiger partial charge in [0.2, 0.25) is 0 Å². The number of aromatic nitrogens is 1. The van der Waals surface area contributed by atoms with Crippen molar-refractivity contribution >= 4 is 37.5 Å². The van der Waals surface area contributed by atoms with Gasteiger partial charge in [0, 0.05) is 16.7 Å². The highest BCUT2D eigenvalue weighted by Gasteiger charge is 2.28. The first kappa shape index (κ1) is 10.4. The average molecular weight is 320 g/mol. The summed E-state index contributed by atoms with van der Waals surface area (Å²) in [6.07, 6.45) is 4.50. The summed E-state index contributed by atoms with van der Waals surface area (Å²) >= 11 is 6.85. The fourth-order valence-corrected chi connectivity index (χ4v) is 2.15. The Kier molecular flexibility index (Phi) is 3.12. The molecule has 0 aromatic carbocycles. The summed E-state index contributed by atoms with van der Waals surface area (Å²) < 4.78 is 1.89. The van der Waals surface area contributed by atoms with Gasteiger partial charge >= 0.3 is 0 Å². The van der Waals surface area contributed by atoms with Crippen LogP contribution in [-0.4, -0.2) is 11.0 Å². The van der Waals surface area contributed by atoms with Crippen molar-refractivity contribution < 1.29 is 0 Å². The maximum absolute atomic E-state index is 4.22. The number of hydrogen-bond acceptors (Lipinski definition) is 2. The first-order valence-electron chi connectivity index (χ1n) is 4.74. The minimum Gasteiger partial charge on any atom is -0.380 e. The van der Waals surface area contributed by atoms with Crippen LogP contribution in [0, 0.1) is 5.92 Å². The summed E-state index contributed by atoms with van der Waals surface area (Å²) in [5.74, 6) is 0.848. The van der Waals surface area contributed by atoms with E-state index in [9.17, 15) is 0 Å². The Morgan fingerprint density at radius 2 is 2.21 bits per heavy atom. The first-order chi connectivity index (χ1) is 6.66. The van der Waals surface area contributed by atoms with Gasteiger partial charge in [-0.05, 0) is 63.6 Å². The number of pyridine rings is 1. The maximum Gasteiger partial charge on any atom is 0.129 e. The van der Waals surface area contributed by atoms with Crippen LogP contribution < -0.4 is 5.32 Å². The number of anilines is 1. The topological polar surface area (TPSA) is 24.9 Å². The molecule has 2 nitrogen and oxygen atoms in total. The number of hydrogen-bond donors (Lipinski definition) is 1. The van der Waals surface area contributed by atoms with Gasteiger partial charge in [0.1, 0.15) is 4.60 Å². The maximum atomic E-state index is 4.22. The molecule has 0 bridgehead atoms. The Hall–Kier alpha value is -0.0900. The molecule has 0 radical (unpaired) electrons. The molecular formula is C10H12Br2N2. The Bertz CT molecular complexity index is 337. The molecule has 0 spiro atoms. The van der Waals surface area contributed by atoms with E-state index in [0.717, 1.165) is 20.7 Å². The van der Waals surface area contributed by atoms with Crippen molar-refractivity contribution in [1.82, 2.24) is 4.98 Å². The van der Waals surface area contributed by atoms with Crippen molar-refractivity contribution in [3.8, 4) is 0 Å². The van der Waals surface area contributed by atoms with E-state index in [0.29, 0.717) is 6.04 Å². The lowest BCUT2D eigenvalue weighted by Gasteiger charge is -2.15. The zero-order valence-electron chi connectivity index (χ0n) is 7.93. The zero-order valence-corrected chi connectivity index (χ0v) is 11.1. The molecule has 1 heterocycles. The zero-order chi connectivity index (χ0) is 10.1. The third-order valence-electron chi connectivity index (χ3n) is 2.52. The van der Waals surface area contributed by atoms with Gasteiger partial charge in [-0.15, -0.1) is 0 Å². The van der Waals surface area contributed by atoms with Gasteiger partial charge < -0.3 is 5.32 Å². The predicted octanol–water partition coefficient (Wildman–Crippen LogP) is 3.82. The van der Waals surface area contributed by atoms with Gasteiger partial charge in [-0.25, -0.2) is 4.98 Å². The summed E-state index contributed by atoms with van der Waals surface area (Å²) in [7, 11) is 0. The Balaban J connectivity index is 2.10. The van der Waals surface area contributed by atoms with Crippen LogP contribution in [0.4, 0.5) is 5.69 Å². The molecule has 1 aromatic heterocycles. The fourth-order valence-electron chi connectivity index (χ4n) is 1.48. The highest BCUT2D eigenvalue weighted by atomic mass is 79.9. The van der Waals surface area contributed by atoms with Crippen molar-refractivity contribution in [3.05, 3.63) is 21.3 Å². The first-order valence-corrected chi connectivity index (χ1v) is 6.33. The monoisotopic (exact) mass is 318 g/mol. The second kappa shape index (κ2) is 4.19. The number of halogens is 2. The molecule has 1 saturated carbocycles. The second-order valence-corrected chi connectivity index (χ2v) is 5.43. The molecule has 1 N–H and O–H groups in total. The molecule has 1 aliphatic carbocycles. The van der Waals surface area contributed by atoms with E-state index in [2.05, 4.69) is 55.2 Å². The Morgan fingerprint density at radius 1 is 1.50 bits per heavy atom. The van der Waals surface area contributed by atoms with Gasteiger partial charge in [-0.3, -0.25) is 0 Å². The second-order valence-electron chi connectivity index (χ2n) is 3.76. The van der Waals surface area contributed by atoms with E-state index in [-0.39, 0.29) is 0 Å². The van der Waals surface area contributed by atoms with Crippen LogP contribution in [-0.2, 0) is 0 Å². The summed E-state index contributed by atoms with van der Waals surface area (Å²) in [6.45, 7) is 2.23. The molecule has 0 amide bonds. The SMILES string of the molecule is CC(Nc1cc(Br)cnc1Br)C1CC1. The minimum atomic E-state index is 0.544. The quantitative estimate of drug-likeness (QED) is 0.857. The van der Waals surface area contributed by atoms with Crippen LogP contribution in [0.3, 0.4) is 0 Å².